The van der Waals surface area contributed by atoms with Crippen molar-refractivity contribution in [3.63, 3.8) is 0 Å². The van der Waals surface area contributed by atoms with Crippen LogP contribution in [0.2, 0.25) is 0 Å². The highest BCUT2D eigenvalue weighted by Gasteiger charge is 2.16. The fraction of sp³-hybridized carbons (Fsp3) is 0.348. The molecular formula is C23H28N4O2. The lowest BCUT2D eigenvalue weighted by molar-refractivity contribution is 0.0943. The SMILES string of the molecule is Cc1cc(C(=O)NCc2ccco2)nc(Nc2c(C(C)C)cccc2C(C)C)n1. The Labute approximate surface area is 171 Å². The van der Waals surface area contributed by atoms with Crippen LogP contribution in [0, 0.1) is 6.92 Å². The first-order chi connectivity index (χ1) is 13.8. The summed E-state index contributed by atoms with van der Waals surface area (Å²) in [7, 11) is 0. The highest BCUT2D eigenvalue weighted by Crippen LogP contribution is 2.33. The molecule has 3 rings (SSSR count). The van der Waals surface area contributed by atoms with Gasteiger partial charge in [-0.2, -0.15) is 0 Å². The minimum absolute atomic E-state index is 0.267. The van der Waals surface area contributed by atoms with Crippen LogP contribution in [0.4, 0.5) is 11.6 Å². The smallest absolute Gasteiger partial charge is 0.270 e. The second-order valence-corrected chi connectivity index (χ2v) is 7.73. The number of rotatable bonds is 7. The van der Waals surface area contributed by atoms with E-state index in [0.29, 0.717) is 35.8 Å². The van der Waals surface area contributed by atoms with Crippen LogP contribution in [0.3, 0.4) is 0 Å². The van der Waals surface area contributed by atoms with Crippen molar-refractivity contribution in [3.8, 4) is 0 Å². The van der Waals surface area contributed by atoms with Crippen molar-refractivity contribution in [2.75, 3.05) is 5.32 Å². The van der Waals surface area contributed by atoms with E-state index < -0.39 is 0 Å². The van der Waals surface area contributed by atoms with Crippen LogP contribution in [0.1, 0.15) is 72.6 Å². The van der Waals surface area contributed by atoms with E-state index in [4.69, 9.17) is 4.42 Å². The second-order valence-electron chi connectivity index (χ2n) is 7.73. The van der Waals surface area contributed by atoms with Crippen LogP contribution in [0.15, 0.2) is 47.1 Å². The van der Waals surface area contributed by atoms with Crippen LogP contribution < -0.4 is 10.6 Å². The maximum Gasteiger partial charge on any atom is 0.270 e. The molecule has 0 fully saturated rings. The summed E-state index contributed by atoms with van der Waals surface area (Å²) in [5, 5.41) is 6.22. The number of nitrogens with zero attached hydrogens (tertiary/aromatic N) is 2. The molecule has 2 heterocycles. The second kappa shape index (κ2) is 8.90. The van der Waals surface area contributed by atoms with Gasteiger partial charge in [-0.15, -0.1) is 0 Å². The number of furan rings is 1. The van der Waals surface area contributed by atoms with Gasteiger partial charge < -0.3 is 15.1 Å². The van der Waals surface area contributed by atoms with Gasteiger partial charge in [0.25, 0.3) is 5.91 Å². The first-order valence-electron chi connectivity index (χ1n) is 9.91. The standard InChI is InChI=1S/C23H28N4O2/c1-14(2)18-9-6-10-19(15(3)4)21(18)27-23-25-16(5)12-20(26-23)22(28)24-13-17-8-7-11-29-17/h6-12,14-15H,13H2,1-5H3,(H,24,28)(H,25,26,27). The molecular weight excluding hydrogens is 364 g/mol. The predicted molar refractivity (Wildman–Crippen MR) is 115 cm³/mol. The Balaban J connectivity index is 1.88. The monoisotopic (exact) mass is 392 g/mol. The van der Waals surface area contributed by atoms with E-state index in [2.05, 4.69) is 66.5 Å². The van der Waals surface area contributed by atoms with Gasteiger partial charge in [0.15, 0.2) is 0 Å². The van der Waals surface area contributed by atoms with Crippen molar-refractivity contribution < 1.29 is 9.21 Å². The Hall–Kier alpha value is -3.15. The molecule has 0 unspecified atom stereocenters. The molecule has 3 aromatic rings. The average Bonchev–Trinajstić information content (AvgIpc) is 3.19. The molecule has 6 heteroatoms. The predicted octanol–water partition coefficient (Wildman–Crippen LogP) is 5.30. The van der Waals surface area contributed by atoms with Crippen LogP contribution >= 0.6 is 0 Å². The molecule has 0 radical (unpaired) electrons. The Bertz CT molecular complexity index is 952. The molecule has 29 heavy (non-hydrogen) atoms. The average molecular weight is 393 g/mol. The highest BCUT2D eigenvalue weighted by atomic mass is 16.3. The molecule has 2 N–H and O–H groups in total. The molecule has 1 aromatic carbocycles. The zero-order chi connectivity index (χ0) is 21.0. The highest BCUT2D eigenvalue weighted by molar-refractivity contribution is 5.92. The van der Waals surface area contributed by atoms with Gasteiger partial charge >= 0.3 is 0 Å². The molecule has 0 saturated carbocycles. The molecule has 0 aliphatic rings. The minimum atomic E-state index is -0.267. The van der Waals surface area contributed by atoms with E-state index in [-0.39, 0.29) is 5.91 Å². The summed E-state index contributed by atoms with van der Waals surface area (Å²) in [6.07, 6.45) is 1.58. The number of aromatic nitrogens is 2. The Kier molecular flexibility index (Phi) is 6.32. The summed E-state index contributed by atoms with van der Waals surface area (Å²) in [4.78, 5) is 21.5. The molecule has 0 aliphatic carbocycles. The van der Waals surface area contributed by atoms with Gasteiger partial charge in [-0.1, -0.05) is 45.9 Å². The molecule has 6 nitrogen and oxygen atoms in total. The third-order valence-corrected chi connectivity index (χ3v) is 4.70. The summed E-state index contributed by atoms with van der Waals surface area (Å²) in [6, 6.07) is 11.6. The zero-order valence-corrected chi connectivity index (χ0v) is 17.6. The van der Waals surface area contributed by atoms with Gasteiger partial charge in [-0.3, -0.25) is 4.79 Å². The first-order valence-corrected chi connectivity index (χ1v) is 9.91. The molecule has 0 atom stereocenters. The lowest BCUT2D eigenvalue weighted by Gasteiger charge is -2.20. The fourth-order valence-corrected chi connectivity index (χ4v) is 3.22. The zero-order valence-electron chi connectivity index (χ0n) is 17.6. The number of anilines is 2. The summed E-state index contributed by atoms with van der Waals surface area (Å²) >= 11 is 0. The van der Waals surface area contributed by atoms with Crippen LogP contribution in [-0.2, 0) is 6.54 Å². The number of amides is 1. The fourth-order valence-electron chi connectivity index (χ4n) is 3.22. The van der Waals surface area contributed by atoms with Gasteiger partial charge in [-0.05, 0) is 48.1 Å². The summed E-state index contributed by atoms with van der Waals surface area (Å²) in [6.45, 7) is 10.8. The minimum Gasteiger partial charge on any atom is -0.467 e. The van der Waals surface area contributed by atoms with E-state index >= 15 is 0 Å². The number of hydrogen-bond donors (Lipinski definition) is 2. The maximum absolute atomic E-state index is 12.6. The molecule has 0 saturated heterocycles. The largest absolute Gasteiger partial charge is 0.467 e. The van der Waals surface area contributed by atoms with Crippen molar-refractivity contribution in [3.05, 3.63) is 70.9 Å². The lowest BCUT2D eigenvalue weighted by atomic mass is 9.93. The normalized spacial score (nSPS) is 11.1. The number of hydrogen-bond acceptors (Lipinski definition) is 5. The van der Waals surface area contributed by atoms with Crippen molar-refractivity contribution in [1.82, 2.24) is 15.3 Å². The van der Waals surface area contributed by atoms with Crippen molar-refractivity contribution in [1.29, 1.82) is 0 Å². The summed E-state index contributed by atoms with van der Waals surface area (Å²) in [5.74, 6) is 1.53. The van der Waals surface area contributed by atoms with Crippen LogP contribution in [0.25, 0.3) is 0 Å². The molecule has 0 spiro atoms. The van der Waals surface area contributed by atoms with Gasteiger partial charge in [0.1, 0.15) is 11.5 Å². The molecule has 2 aromatic heterocycles. The van der Waals surface area contributed by atoms with E-state index in [9.17, 15) is 4.79 Å². The van der Waals surface area contributed by atoms with Gasteiger partial charge in [0.05, 0.1) is 12.8 Å². The molecule has 1 amide bonds. The number of carbonyl (C=O) groups excluding carboxylic acids is 1. The van der Waals surface area contributed by atoms with Crippen molar-refractivity contribution >= 4 is 17.5 Å². The quantitative estimate of drug-likeness (QED) is 0.570. The topological polar surface area (TPSA) is 80.0 Å². The van der Waals surface area contributed by atoms with Crippen LogP contribution in [0.5, 0.6) is 0 Å². The Morgan fingerprint density at radius 2 is 1.72 bits per heavy atom. The van der Waals surface area contributed by atoms with Crippen LogP contribution in [-0.4, -0.2) is 15.9 Å². The Morgan fingerprint density at radius 1 is 1.03 bits per heavy atom. The van der Waals surface area contributed by atoms with E-state index in [1.807, 2.05) is 13.0 Å². The number of nitrogens with one attached hydrogen (secondary N) is 2. The van der Waals surface area contributed by atoms with E-state index in [0.717, 1.165) is 11.4 Å². The third-order valence-electron chi connectivity index (χ3n) is 4.70. The van der Waals surface area contributed by atoms with E-state index in [1.165, 1.54) is 11.1 Å². The molecule has 0 aliphatic heterocycles. The lowest BCUT2D eigenvalue weighted by Crippen LogP contribution is -2.24. The number of aryl methyl sites for hydroxylation is 1. The third kappa shape index (κ3) is 5.02. The Morgan fingerprint density at radius 3 is 2.31 bits per heavy atom. The number of carbonyl (C=O) groups is 1. The van der Waals surface area contributed by atoms with Crippen molar-refractivity contribution in [2.24, 2.45) is 0 Å². The number of benzene rings is 1. The molecule has 152 valence electrons. The van der Waals surface area contributed by atoms with E-state index in [1.54, 1.807) is 18.4 Å². The van der Waals surface area contributed by atoms with Gasteiger partial charge in [0.2, 0.25) is 5.95 Å². The van der Waals surface area contributed by atoms with Crippen molar-refractivity contribution in [2.45, 2.75) is 53.0 Å². The maximum atomic E-state index is 12.6. The van der Waals surface area contributed by atoms with Gasteiger partial charge in [-0.25, -0.2) is 9.97 Å². The summed E-state index contributed by atoms with van der Waals surface area (Å²) < 4.78 is 5.26. The molecule has 0 bridgehead atoms. The van der Waals surface area contributed by atoms with Gasteiger partial charge in [0, 0.05) is 11.4 Å². The first kappa shape index (κ1) is 20.6. The summed E-state index contributed by atoms with van der Waals surface area (Å²) in [5.41, 5.74) is 4.46. The number of para-hydroxylation sites is 1.